The highest BCUT2D eigenvalue weighted by atomic mass is 17.0. The van der Waals surface area contributed by atoms with Crippen LogP contribution in [0, 0.1) is 0 Å². The predicted octanol–water partition coefficient (Wildman–Crippen LogP) is 3.47. The number of allylic oxidation sites excluding steroid dienone is 4. The molecule has 0 radical (unpaired) electrons. The molecule has 0 aromatic heterocycles. The van der Waals surface area contributed by atoms with Gasteiger partial charge in [0.15, 0.2) is 0 Å². The van der Waals surface area contributed by atoms with Gasteiger partial charge in [0.2, 0.25) is 0 Å². The van der Waals surface area contributed by atoms with Crippen LogP contribution in [0.15, 0.2) is 22.8 Å². The van der Waals surface area contributed by atoms with E-state index in [9.17, 15) is 0 Å². The molecule has 2 N–H and O–H groups in total. The first-order valence-electron chi connectivity index (χ1n) is 4.21. The lowest BCUT2D eigenvalue weighted by atomic mass is 9.93. The third kappa shape index (κ3) is 3.69. The molecule has 0 heterocycles. The van der Waals surface area contributed by atoms with E-state index in [0.29, 0.717) is 0 Å². The zero-order valence-electron chi connectivity index (χ0n) is 8.09. The van der Waals surface area contributed by atoms with Gasteiger partial charge in [-0.05, 0) is 40.0 Å². The average Bonchev–Trinajstić information content (AvgIpc) is 2.09. The highest BCUT2D eigenvalue weighted by Gasteiger charge is 2.04. The summed E-state index contributed by atoms with van der Waals surface area (Å²) in [7, 11) is 0. The molecule has 2 heteroatoms. The van der Waals surface area contributed by atoms with E-state index in [2.05, 4.69) is 26.8 Å². The Hall–Kier alpha value is -0.600. The molecule has 2 nitrogen and oxygen atoms in total. The Labute approximate surface area is 74.2 Å². The smallest absolute Gasteiger partial charge is 0.0134 e. The third-order valence-electron chi connectivity index (χ3n) is 2.23. The van der Waals surface area contributed by atoms with Crippen molar-refractivity contribution in [3.63, 3.8) is 0 Å². The standard InChI is InChI=1S/C10H16.H2O2/c1-8(2)10-6-4-9(3)5-7-10;1-2/h4H,5-7H2,1-3H3;1-2H. The van der Waals surface area contributed by atoms with Gasteiger partial charge in [0.05, 0.1) is 0 Å². The van der Waals surface area contributed by atoms with E-state index in [4.69, 9.17) is 10.5 Å². The van der Waals surface area contributed by atoms with Gasteiger partial charge in [-0.25, -0.2) is 0 Å². The minimum absolute atomic E-state index is 1.20. The minimum Gasteiger partial charge on any atom is -0.255 e. The van der Waals surface area contributed by atoms with Crippen LogP contribution in [-0.4, -0.2) is 10.5 Å². The summed E-state index contributed by atoms with van der Waals surface area (Å²) in [6.07, 6.45) is 6.13. The summed E-state index contributed by atoms with van der Waals surface area (Å²) in [6.45, 7) is 6.65. The fourth-order valence-electron chi connectivity index (χ4n) is 1.30. The lowest BCUT2D eigenvalue weighted by Gasteiger charge is -2.13. The molecule has 12 heavy (non-hydrogen) atoms. The van der Waals surface area contributed by atoms with Crippen molar-refractivity contribution < 1.29 is 10.5 Å². The fourth-order valence-corrected chi connectivity index (χ4v) is 1.30. The van der Waals surface area contributed by atoms with Gasteiger partial charge in [0.25, 0.3) is 0 Å². The van der Waals surface area contributed by atoms with Crippen LogP contribution < -0.4 is 0 Å². The fraction of sp³-hybridized carbons (Fsp3) is 0.600. The van der Waals surface area contributed by atoms with Gasteiger partial charge in [-0.1, -0.05) is 22.8 Å². The van der Waals surface area contributed by atoms with E-state index in [0.717, 1.165) is 0 Å². The van der Waals surface area contributed by atoms with Crippen molar-refractivity contribution in [2.75, 3.05) is 0 Å². The third-order valence-corrected chi connectivity index (χ3v) is 2.23. The average molecular weight is 170 g/mol. The topological polar surface area (TPSA) is 40.5 Å². The molecule has 0 unspecified atom stereocenters. The van der Waals surface area contributed by atoms with Crippen LogP contribution in [0.3, 0.4) is 0 Å². The molecule has 0 amide bonds. The molecule has 0 saturated heterocycles. The summed E-state index contributed by atoms with van der Waals surface area (Å²) < 4.78 is 0. The van der Waals surface area contributed by atoms with Gasteiger partial charge in [-0.3, -0.25) is 10.5 Å². The molecule has 1 aliphatic rings. The van der Waals surface area contributed by atoms with E-state index in [1.165, 1.54) is 24.8 Å². The molecular weight excluding hydrogens is 152 g/mol. The van der Waals surface area contributed by atoms with Gasteiger partial charge >= 0.3 is 0 Å². The number of rotatable bonds is 0. The second-order valence-electron chi connectivity index (χ2n) is 3.36. The van der Waals surface area contributed by atoms with Crippen LogP contribution >= 0.6 is 0 Å². The van der Waals surface area contributed by atoms with Crippen LogP contribution in [-0.2, 0) is 0 Å². The monoisotopic (exact) mass is 170 g/mol. The Kier molecular flexibility index (Phi) is 5.68. The van der Waals surface area contributed by atoms with Crippen molar-refractivity contribution in [2.24, 2.45) is 0 Å². The minimum atomic E-state index is 1.20. The van der Waals surface area contributed by atoms with Crippen molar-refractivity contribution in [1.29, 1.82) is 0 Å². The van der Waals surface area contributed by atoms with Crippen molar-refractivity contribution in [3.8, 4) is 0 Å². The van der Waals surface area contributed by atoms with Crippen LogP contribution in [0.4, 0.5) is 0 Å². The van der Waals surface area contributed by atoms with Crippen molar-refractivity contribution >= 4 is 0 Å². The first-order valence-corrected chi connectivity index (χ1v) is 4.21. The molecule has 0 aromatic rings. The molecular formula is C10H18O2. The zero-order valence-corrected chi connectivity index (χ0v) is 8.09. The Balaban J connectivity index is 0.000000561. The zero-order chi connectivity index (χ0) is 9.56. The SMILES string of the molecule is CC1=CCC(=C(C)C)CC1.OO. The van der Waals surface area contributed by atoms with E-state index in [1.807, 2.05) is 0 Å². The normalized spacial score (nSPS) is 16.1. The van der Waals surface area contributed by atoms with E-state index in [1.54, 1.807) is 11.1 Å². The van der Waals surface area contributed by atoms with E-state index >= 15 is 0 Å². The Morgan fingerprint density at radius 2 is 1.83 bits per heavy atom. The summed E-state index contributed by atoms with van der Waals surface area (Å²) in [5.41, 5.74) is 4.72. The van der Waals surface area contributed by atoms with Crippen LogP contribution in [0.1, 0.15) is 40.0 Å². The molecule has 0 spiro atoms. The van der Waals surface area contributed by atoms with Crippen LogP contribution in [0.2, 0.25) is 0 Å². The molecule has 70 valence electrons. The largest absolute Gasteiger partial charge is 0.255 e. The molecule has 0 fully saturated rings. The lowest BCUT2D eigenvalue weighted by molar-refractivity contribution is -0.176. The summed E-state index contributed by atoms with van der Waals surface area (Å²) in [6, 6.07) is 0. The summed E-state index contributed by atoms with van der Waals surface area (Å²) in [4.78, 5) is 0. The highest BCUT2D eigenvalue weighted by Crippen LogP contribution is 2.24. The Morgan fingerprint density at radius 1 is 1.25 bits per heavy atom. The second-order valence-corrected chi connectivity index (χ2v) is 3.36. The highest BCUT2D eigenvalue weighted by molar-refractivity contribution is 5.21. The summed E-state index contributed by atoms with van der Waals surface area (Å²) in [5.74, 6) is 0. The number of hydrogen-bond donors (Lipinski definition) is 2. The molecule has 0 atom stereocenters. The maximum atomic E-state index is 6.00. The predicted molar refractivity (Wildman–Crippen MR) is 51.2 cm³/mol. The molecule has 0 bridgehead atoms. The van der Waals surface area contributed by atoms with Crippen LogP contribution in [0.25, 0.3) is 0 Å². The second kappa shape index (κ2) is 5.98. The first-order chi connectivity index (χ1) is 5.70. The van der Waals surface area contributed by atoms with Gasteiger partial charge < -0.3 is 0 Å². The molecule has 0 aromatic carbocycles. The molecule has 0 aliphatic heterocycles. The van der Waals surface area contributed by atoms with Gasteiger partial charge in [0.1, 0.15) is 0 Å². The van der Waals surface area contributed by atoms with E-state index in [-0.39, 0.29) is 0 Å². The van der Waals surface area contributed by atoms with Gasteiger partial charge in [-0.15, -0.1) is 0 Å². The Bertz CT molecular complexity index is 186. The van der Waals surface area contributed by atoms with E-state index < -0.39 is 0 Å². The van der Waals surface area contributed by atoms with Crippen molar-refractivity contribution in [3.05, 3.63) is 22.8 Å². The van der Waals surface area contributed by atoms with Crippen molar-refractivity contribution in [1.82, 2.24) is 0 Å². The van der Waals surface area contributed by atoms with Gasteiger partial charge in [-0.2, -0.15) is 0 Å². The number of hydrogen-bond acceptors (Lipinski definition) is 2. The maximum absolute atomic E-state index is 6.00. The maximum Gasteiger partial charge on any atom is -0.0134 e. The Morgan fingerprint density at radius 3 is 2.17 bits per heavy atom. The van der Waals surface area contributed by atoms with Gasteiger partial charge in [0, 0.05) is 0 Å². The molecule has 0 saturated carbocycles. The molecule has 1 aliphatic carbocycles. The van der Waals surface area contributed by atoms with Crippen LogP contribution in [0.5, 0.6) is 0 Å². The lowest BCUT2D eigenvalue weighted by Crippen LogP contribution is -1.93. The first kappa shape index (κ1) is 11.4. The summed E-state index contributed by atoms with van der Waals surface area (Å²) in [5, 5.41) is 12.0. The van der Waals surface area contributed by atoms with Crippen molar-refractivity contribution in [2.45, 2.75) is 40.0 Å². The quantitative estimate of drug-likeness (QED) is 0.332. The molecule has 1 rings (SSSR count). The summed E-state index contributed by atoms with van der Waals surface area (Å²) >= 11 is 0.